The van der Waals surface area contributed by atoms with Crippen molar-refractivity contribution in [2.75, 3.05) is 13.1 Å². The molecule has 0 saturated carbocycles. The number of H-pyrrole nitrogens is 2. The number of alkyl halides is 2. The van der Waals surface area contributed by atoms with Crippen LogP contribution in [0.5, 0.6) is 0 Å². The Bertz CT molecular complexity index is 1800. The maximum atomic E-state index is 13.6. The molecule has 7 heterocycles. The molecule has 6 aromatic heterocycles. The van der Waals surface area contributed by atoms with Gasteiger partial charge in [-0.3, -0.25) is 20.0 Å². The van der Waals surface area contributed by atoms with Crippen molar-refractivity contribution in [1.29, 1.82) is 0 Å². The third-order valence-electron chi connectivity index (χ3n) is 6.79. The molecule has 0 radical (unpaired) electrons. The Morgan fingerprint density at radius 2 is 1.89 bits per heavy atom. The van der Waals surface area contributed by atoms with E-state index in [4.69, 9.17) is 4.98 Å². The average molecular weight is 513 g/mol. The number of hydrogen-bond donors (Lipinski definition) is 2. The zero-order valence-electron chi connectivity index (χ0n) is 20.4. The zero-order valence-corrected chi connectivity index (χ0v) is 20.4. The number of likely N-dealkylation sites (tertiary alicyclic amines) is 1. The molecule has 0 bridgehead atoms. The summed E-state index contributed by atoms with van der Waals surface area (Å²) in [6.45, 7) is 2.50. The van der Waals surface area contributed by atoms with Crippen molar-refractivity contribution >= 4 is 22.1 Å². The van der Waals surface area contributed by atoms with Gasteiger partial charge in [0.05, 0.1) is 47.6 Å². The molecule has 1 aliphatic rings. The molecule has 2 N–H and O–H groups in total. The minimum atomic E-state index is -2.62. The molecule has 190 valence electrons. The summed E-state index contributed by atoms with van der Waals surface area (Å²) in [6, 6.07) is 3.95. The average Bonchev–Trinajstić information content (AvgIpc) is 3.69. The molecule has 0 aromatic carbocycles. The molecule has 12 heteroatoms. The van der Waals surface area contributed by atoms with Gasteiger partial charge >= 0.3 is 0 Å². The van der Waals surface area contributed by atoms with Gasteiger partial charge in [0.15, 0.2) is 11.5 Å². The smallest absolute Gasteiger partial charge is 0.261 e. The van der Waals surface area contributed by atoms with Crippen LogP contribution in [-0.4, -0.2) is 68.6 Å². The Kier molecular flexibility index (Phi) is 5.05. The van der Waals surface area contributed by atoms with Crippen LogP contribution in [0.2, 0.25) is 0 Å². The van der Waals surface area contributed by atoms with Crippen molar-refractivity contribution < 1.29 is 8.78 Å². The van der Waals surface area contributed by atoms with Gasteiger partial charge in [0.25, 0.3) is 5.92 Å². The lowest BCUT2D eigenvalue weighted by Gasteiger charge is -2.15. The molecule has 0 atom stereocenters. The number of aromatic nitrogens is 9. The molecule has 10 nitrogen and oxygen atoms in total. The van der Waals surface area contributed by atoms with Crippen LogP contribution in [0, 0.1) is 6.92 Å². The van der Waals surface area contributed by atoms with Gasteiger partial charge in [0.1, 0.15) is 11.2 Å². The van der Waals surface area contributed by atoms with Crippen LogP contribution in [0.1, 0.15) is 17.7 Å². The summed E-state index contributed by atoms with van der Waals surface area (Å²) >= 11 is 0. The Labute approximate surface area is 214 Å². The first-order valence-corrected chi connectivity index (χ1v) is 12.2. The van der Waals surface area contributed by atoms with Gasteiger partial charge in [-0.15, -0.1) is 0 Å². The fraction of sp³-hybridized carbons (Fsp3) is 0.231. The monoisotopic (exact) mass is 512 g/mol. The lowest BCUT2D eigenvalue weighted by atomic mass is 10.1. The highest BCUT2D eigenvalue weighted by atomic mass is 19.3. The Morgan fingerprint density at radius 1 is 1.03 bits per heavy atom. The van der Waals surface area contributed by atoms with Gasteiger partial charge in [-0.25, -0.2) is 23.7 Å². The van der Waals surface area contributed by atoms with Gasteiger partial charge in [0, 0.05) is 55.4 Å². The van der Waals surface area contributed by atoms with Crippen LogP contribution in [0.15, 0.2) is 55.6 Å². The van der Waals surface area contributed by atoms with Crippen molar-refractivity contribution in [2.45, 2.75) is 25.8 Å². The standard InChI is InChI=1S/C26H22F2N10/c1-15-11-38(14-32-15)21-10-30-9-20-23(21)34-25(33-20)22-19-5-18(8-31-24(19)36-35-22)17-4-16(6-29-7-17)12-37-3-2-26(27,28)13-37/h4-11,14H,2-3,12-13H2,1H3,(H,33,34)(H,31,35,36). The van der Waals surface area contributed by atoms with Crippen LogP contribution in [0.25, 0.3) is 50.4 Å². The lowest BCUT2D eigenvalue weighted by molar-refractivity contribution is 0.0115. The second-order valence-corrected chi connectivity index (χ2v) is 9.65. The Hall–Kier alpha value is -4.58. The van der Waals surface area contributed by atoms with Crippen molar-refractivity contribution in [1.82, 2.24) is 49.6 Å². The highest BCUT2D eigenvalue weighted by molar-refractivity contribution is 5.94. The van der Waals surface area contributed by atoms with Gasteiger partial charge in [-0.05, 0) is 24.6 Å². The number of hydrogen-bond acceptors (Lipinski definition) is 7. The van der Waals surface area contributed by atoms with Gasteiger partial charge in [0.2, 0.25) is 0 Å². The van der Waals surface area contributed by atoms with Gasteiger partial charge < -0.3 is 9.55 Å². The minimum Gasteiger partial charge on any atom is -0.335 e. The highest BCUT2D eigenvalue weighted by Crippen LogP contribution is 2.31. The number of nitrogens with zero attached hydrogens (tertiary/aromatic N) is 8. The van der Waals surface area contributed by atoms with Crippen molar-refractivity contribution in [3.63, 3.8) is 0 Å². The Balaban J connectivity index is 1.24. The molecule has 38 heavy (non-hydrogen) atoms. The van der Waals surface area contributed by atoms with E-state index < -0.39 is 5.92 Å². The highest BCUT2D eigenvalue weighted by Gasteiger charge is 2.37. The summed E-state index contributed by atoms with van der Waals surface area (Å²) < 4.78 is 29.1. The van der Waals surface area contributed by atoms with E-state index in [2.05, 4.69) is 35.1 Å². The largest absolute Gasteiger partial charge is 0.335 e. The quantitative estimate of drug-likeness (QED) is 0.354. The van der Waals surface area contributed by atoms with E-state index in [-0.39, 0.29) is 13.0 Å². The minimum absolute atomic E-state index is 0.106. The number of rotatable bonds is 5. The van der Waals surface area contributed by atoms with Crippen LogP contribution < -0.4 is 0 Å². The number of fused-ring (bicyclic) bond motifs is 2. The molecule has 1 aliphatic heterocycles. The van der Waals surface area contributed by atoms with Crippen LogP contribution in [0.4, 0.5) is 8.78 Å². The maximum absolute atomic E-state index is 13.6. The fourth-order valence-corrected chi connectivity index (χ4v) is 4.95. The molecular formula is C26H22F2N10. The Morgan fingerprint density at radius 3 is 2.71 bits per heavy atom. The van der Waals surface area contributed by atoms with Crippen LogP contribution in [-0.2, 0) is 6.54 Å². The first kappa shape index (κ1) is 22.6. The van der Waals surface area contributed by atoms with Crippen LogP contribution >= 0.6 is 0 Å². The predicted octanol–water partition coefficient (Wildman–Crippen LogP) is 4.29. The normalized spacial score (nSPS) is 15.7. The van der Waals surface area contributed by atoms with Crippen LogP contribution in [0.3, 0.4) is 0 Å². The summed E-state index contributed by atoms with van der Waals surface area (Å²) in [7, 11) is 0. The van der Waals surface area contributed by atoms with E-state index in [0.717, 1.165) is 44.5 Å². The number of halogens is 2. The number of imidazole rings is 2. The topological polar surface area (TPSA) is 117 Å². The number of pyridine rings is 3. The summed E-state index contributed by atoms with van der Waals surface area (Å²) in [5.74, 6) is -2.02. The van der Waals surface area contributed by atoms with Gasteiger partial charge in [-0.1, -0.05) is 0 Å². The van der Waals surface area contributed by atoms with Crippen molar-refractivity contribution in [2.24, 2.45) is 0 Å². The lowest BCUT2D eigenvalue weighted by Crippen LogP contribution is -2.24. The zero-order chi connectivity index (χ0) is 25.9. The third kappa shape index (κ3) is 3.98. The molecule has 0 amide bonds. The second kappa shape index (κ2) is 8.48. The van der Waals surface area contributed by atoms with Gasteiger partial charge in [-0.2, -0.15) is 5.10 Å². The fourth-order valence-electron chi connectivity index (χ4n) is 4.95. The number of nitrogens with one attached hydrogen (secondary N) is 2. The second-order valence-electron chi connectivity index (χ2n) is 9.65. The van der Waals surface area contributed by atoms with E-state index in [1.165, 1.54) is 0 Å². The van der Waals surface area contributed by atoms with Crippen molar-refractivity contribution in [3.8, 4) is 28.3 Å². The molecular weight excluding hydrogens is 490 g/mol. The summed E-state index contributed by atoms with van der Waals surface area (Å²) in [5.41, 5.74) is 7.05. The predicted molar refractivity (Wildman–Crippen MR) is 137 cm³/mol. The third-order valence-corrected chi connectivity index (χ3v) is 6.79. The van der Waals surface area contributed by atoms with E-state index in [1.807, 2.05) is 29.8 Å². The molecule has 0 aliphatic carbocycles. The van der Waals surface area contributed by atoms with E-state index in [9.17, 15) is 8.78 Å². The molecule has 7 rings (SSSR count). The van der Waals surface area contributed by atoms with E-state index in [1.54, 1.807) is 42.2 Å². The summed E-state index contributed by atoms with van der Waals surface area (Å²) in [4.78, 5) is 27.5. The molecule has 1 saturated heterocycles. The SMILES string of the molecule is Cc1cn(-c2cncc3[nH]c(-c4[nH]nc5ncc(-c6cncc(CN7CCC(F)(F)C7)c6)cc45)nc23)cn1. The first-order chi connectivity index (χ1) is 18.4. The molecule has 1 fully saturated rings. The maximum Gasteiger partial charge on any atom is 0.261 e. The van der Waals surface area contributed by atoms with E-state index >= 15 is 0 Å². The summed E-state index contributed by atoms with van der Waals surface area (Å²) in [6.07, 6.45) is 12.2. The van der Waals surface area contributed by atoms with Crippen molar-refractivity contribution in [3.05, 3.63) is 66.9 Å². The first-order valence-electron chi connectivity index (χ1n) is 12.2. The molecule has 6 aromatic rings. The number of aromatic amines is 2. The number of aryl methyl sites for hydroxylation is 1. The molecule has 0 unspecified atom stereocenters. The summed E-state index contributed by atoms with van der Waals surface area (Å²) in [5, 5.41) is 8.22. The van der Waals surface area contributed by atoms with E-state index in [0.29, 0.717) is 30.3 Å². The molecule has 0 spiro atoms.